The molecule has 5 rings (SSSR count). The summed E-state index contributed by atoms with van der Waals surface area (Å²) in [5.74, 6) is 2.78. The van der Waals surface area contributed by atoms with Gasteiger partial charge in [0.05, 0.1) is 11.0 Å². The lowest BCUT2D eigenvalue weighted by Gasteiger charge is -2.33. The molecule has 0 spiro atoms. The second kappa shape index (κ2) is 4.47. The van der Waals surface area contributed by atoms with Crippen molar-refractivity contribution in [2.75, 3.05) is 31.1 Å². The van der Waals surface area contributed by atoms with Crippen LogP contribution in [0.15, 0.2) is 24.3 Å². The van der Waals surface area contributed by atoms with Crippen LogP contribution in [0.25, 0.3) is 11.0 Å². The molecule has 4 heterocycles. The molecule has 0 saturated carbocycles. The maximum atomic E-state index is 4.78. The van der Waals surface area contributed by atoms with Gasteiger partial charge in [0.2, 0.25) is 5.95 Å². The van der Waals surface area contributed by atoms with E-state index in [9.17, 15) is 0 Å². The van der Waals surface area contributed by atoms with Gasteiger partial charge in [-0.2, -0.15) is 0 Å². The number of benzene rings is 1. The molecule has 3 atom stereocenters. The van der Waals surface area contributed by atoms with E-state index in [1.165, 1.54) is 45.4 Å². The maximum Gasteiger partial charge on any atom is 0.203 e. The van der Waals surface area contributed by atoms with Crippen LogP contribution >= 0.6 is 0 Å². The van der Waals surface area contributed by atoms with E-state index in [1.54, 1.807) is 0 Å². The quantitative estimate of drug-likeness (QED) is 0.873. The summed E-state index contributed by atoms with van der Waals surface area (Å²) in [5, 5.41) is 0. The Balaban J connectivity index is 1.41. The molecule has 21 heavy (non-hydrogen) atoms. The third-order valence-electron chi connectivity index (χ3n) is 5.80. The summed E-state index contributed by atoms with van der Waals surface area (Å²) in [6.07, 6.45) is 4.24. The van der Waals surface area contributed by atoms with Crippen molar-refractivity contribution in [3.05, 3.63) is 24.3 Å². The first-order valence-corrected chi connectivity index (χ1v) is 8.32. The SMILES string of the molecule is c1ccc2[nH]c(N3CC4CN5CCCCC5C4C3)nc2c1. The molecule has 3 fully saturated rings. The molecule has 0 radical (unpaired) electrons. The van der Waals surface area contributed by atoms with Crippen LogP contribution in [0.3, 0.4) is 0 Å². The van der Waals surface area contributed by atoms with E-state index in [-0.39, 0.29) is 0 Å². The van der Waals surface area contributed by atoms with Gasteiger partial charge in [-0.25, -0.2) is 4.98 Å². The van der Waals surface area contributed by atoms with Crippen LogP contribution in [0.2, 0.25) is 0 Å². The third kappa shape index (κ3) is 1.81. The molecule has 3 saturated heterocycles. The average molecular weight is 282 g/mol. The summed E-state index contributed by atoms with van der Waals surface area (Å²) in [6.45, 7) is 5.01. The lowest BCUT2D eigenvalue weighted by Crippen LogP contribution is -2.40. The van der Waals surface area contributed by atoms with E-state index in [2.05, 4.69) is 39.0 Å². The molecule has 4 nitrogen and oxygen atoms in total. The molecule has 3 unspecified atom stereocenters. The van der Waals surface area contributed by atoms with Crippen molar-refractivity contribution in [3.63, 3.8) is 0 Å². The lowest BCUT2D eigenvalue weighted by atomic mass is 9.90. The number of imidazole rings is 1. The third-order valence-corrected chi connectivity index (χ3v) is 5.80. The van der Waals surface area contributed by atoms with Gasteiger partial charge in [0.25, 0.3) is 0 Å². The van der Waals surface area contributed by atoms with Crippen molar-refractivity contribution in [3.8, 4) is 0 Å². The van der Waals surface area contributed by atoms with E-state index in [0.717, 1.165) is 34.9 Å². The van der Waals surface area contributed by atoms with Crippen LogP contribution in [0.4, 0.5) is 5.95 Å². The molecule has 1 aromatic carbocycles. The number of piperidine rings is 1. The highest BCUT2D eigenvalue weighted by Gasteiger charge is 2.47. The number of nitrogens with one attached hydrogen (secondary N) is 1. The van der Waals surface area contributed by atoms with Crippen molar-refractivity contribution < 1.29 is 0 Å². The average Bonchev–Trinajstić information content (AvgIpc) is 3.18. The second-order valence-corrected chi connectivity index (χ2v) is 6.96. The van der Waals surface area contributed by atoms with Gasteiger partial charge in [-0.15, -0.1) is 0 Å². The highest BCUT2D eigenvalue weighted by molar-refractivity contribution is 5.77. The normalized spacial score (nSPS) is 32.6. The predicted octanol–water partition coefficient (Wildman–Crippen LogP) is 2.48. The van der Waals surface area contributed by atoms with E-state index in [0.29, 0.717) is 0 Å². The van der Waals surface area contributed by atoms with Crippen LogP contribution in [0.1, 0.15) is 19.3 Å². The topological polar surface area (TPSA) is 35.2 Å². The zero-order chi connectivity index (χ0) is 13.8. The van der Waals surface area contributed by atoms with Crippen LogP contribution < -0.4 is 4.90 Å². The first-order valence-electron chi connectivity index (χ1n) is 8.32. The van der Waals surface area contributed by atoms with Gasteiger partial charge < -0.3 is 9.88 Å². The summed E-state index contributed by atoms with van der Waals surface area (Å²) in [7, 11) is 0. The van der Waals surface area contributed by atoms with Gasteiger partial charge in [-0.3, -0.25) is 4.90 Å². The van der Waals surface area contributed by atoms with Crippen molar-refractivity contribution >= 4 is 17.0 Å². The summed E-state index contributed by atoms with van der Waals surface area (Å²) in [4.78, 5) is 13.5. The highest BCUT2D eigenvalue weighted by Crippen LogP contribution is 2.41. The van der Waals surface area contributed by atoms with Crippen molar-refractivity contribution in [1.82, 2.24) is 14.9 Å². The number of hydrogen-bond donors (Lipinski definition) is 1. The van der Waals surface area contributed by atoms with Crippen molar-refractivity contribution in [2.45, 2.75) is 25.3 Å². The zero-order valence-corrected chi connectivity index (χ0v) is 12.3. The Morgan fingerprint density at radius 3 is 3.00 bits per heavy atom. The lowest BCUT2D eigenvalue weighted by molar-refractivity contribution is 0.173. The molecule has 2 aromatic rings. The largest absolute Gasteiger partial charge is 0.342 e. The molecule has 1 N–H and O–H groups in total. The fourth-order valence-electron chi connectivity index (χ4n) is 4.82. The minimum Gasteiger partial charge on any atom is -0.342 e. The minimum atomic E-state index is 0.845. The monoisotopic (exact) mass is 282 g/mol. The molecule has 0 amide bonds. The molecular weight excluding hydrogens is 260 g/mol. The van der Waals surface area contributed by atoms with E-state index in [4.69, 9.17) is 4.98 Å². The molecule has 0 bridgehead atoms. The van der Waals surface area contributed by atoms with Gasteiger partial charge in [0, 0.05) is 25.7 Å². The van der Waals surface area contributed by atoms with Gasteiger partial charge in [0.1, 0.15) is 0 Å². The number of fused-ring (bicyclic) bond motifs is 4. The Labute approximate surface area is 125 Å². The Kier molecular flexibility index (Phi) is 2.56. The smallest absolute Gasteiger partial charge is 0.203 e. The molecule has 3 aliphatic heterocycles. The maximum absolute atomic E-state index is 4.78. The number of rotatable bonds is 1. The number of anilines is 1. The standard InChI is InChI=1S/C17H22N4/c1-2-6-15-14(5-1)18-17(19-15)21-10-12-9-20-8-4-3-7-16(20)13(12)11-21/h1-2,5-6,12-13,16H,3-4,7-11H2,(H,18,19). The molecule has 1 aromatic heterocycles. The number of hydrogen-bond acceptors (Lipinski definition) is 3. The van der Waals surface area contributed by atoms with Gasteiger partial charge in [-0.05, 0) is 43.4 Å². The first-order chi connectivity index (χ1) is 10.4. The molecular formula is C17H22N4. The van der Waals surface area contributed by atoms with E-state index < -0.39 is 0 Å². The number of aromatic amines is 1. The summed E-state index contributed by atoms with van der Waals surface area (Å²) < 4.78 is 0. The van der Waals surface area contributed by atoms with Gasteiger partial charge >= 0.3 is 0 Å². The Bertz CT molecular complexity index is 631. The molecule has 0 aliphatic carbocycles. The molecule has 3 aliphatic rings. The van der Waals surface area contributed by atoms with Crippen molar-refractivity contribution in [2.24, 2.45) is 11.8 Å². The number of para-hydroxylation sites is 2. The zero-order valence-electron chi connectivity index (χ0n) is 12.3. The predicted molar refractivity (Wildman–Crippen MR) is 84.5 cm³/mol. The van der Waals surface area contributed by atoms with Gasteiger partial charge in [-0.1, -0.05) is 18.6 Å². The van der Waals surface area contributed by atoms with E-state index in [1.807, 2.05) is 0 Å². The Morgan fingerprint density at radius 1 is 1.10 bits per heavy atom. The van der Waals surface area contributed by atoms with Crippen molar-refractivity contribution in [1.29, 1.82) is 0 Å². The number of nitrogens with zero attached hydrogens (tertiary/aromatic N) is 3. The fourth-order valence-corrected chi connectivity index (χ4v) is 4.82. The first kappa shape index (κ1) is 12.0. The minimum absolute atomic E-state index is 0.845. The van der Waals surface area contributed by atoms with Gasteiger partial charge in [0.15, 0.2) is 0 Å². The fraction of sp³-hybridized carbons (Fsp3) is 0.588. The van der Waals surface area contributed by atoms with Crippen LogP contribution in [0.5, 0.6) is 0 Å². The highest BCUT2D eigenvalue weighted by atomic mass is 15.3. The summed E-state index contributed by atoms with van der Waals surface area (Å²) >= 11 is 0. The van der Waals surface area contributed by atoms with Crippen LogP contribution in [-0.2, 0) is 0 Å². The summed E-state index contributed by atoms with van der Waals surface area (Å²) in [6, 6.07) is 9.19. The second-order valence-electron chi connectivity index (χ2n) is 6.96. The van der Waals surface area contributed by atoms with Crippen LogP contribution in [0, 0.1) is 11.8 Å². The Morgan fingerprint density at radius 2 is 2.05 bits per heavy atom. The Hall–Kier alpha value is -1.55. The van der Waals surface area contributed by atoms with E-state index >= 15 is 0 Å². The number of H-pyrrole nitrogens is 1. The molecule has 110 valence electrons. The van der Waals surface area contributed by atoms with Crippen LogP contribution in [-0.4, -0.2) is 47.1 Å². The molecule has 4 heteroatoms. The summed E-state index contributed by atoms with van der Waals surface area (Å²) in [5.41, 5.74) is 2.24. The number of aromatic nitrogens is 2.